The summed E-state index contributed by atoms with van der Waals surface area (Å²) in [6, 6.07) is 6.04. The topological polar surface area (TPSA) is 29.1 Å². The summed E-state index contributed by atoms with van der Waals surface area (Å²) in [5, 5.41) is 2.43. The molecule has 1 aromatic carbocycles. The maximum absolute atomic E-state index is 13.1. The van der Waals surface area contributed by atoms with Crippen LogP contribution in [-0.2, 0) is 4.79 Å². The van der Waals surface area contributed by atoms with E-state index in [-0.39, 0.29) is 11.6 Å². The molecule has 0 heterocycles. The Morgan fingerprint density at radius 1 is 1.33 bits per heavy atom. The number of halogens is 1. The van der Waals surface area contributed by atoms with Gasteiger partial charge in [0.25, 0.3) is 0 Å². The SMILES string of the molecule is C/C=C/C=C/C(=O)Nc1ccccc1F. The predicted molar refractivity (Wildman–Crippen MR) is 59.0 cm³/mol. The number of allylic oxidation sites excluding steroid dienone is 3. The van der Waals surface area contributed by atoms with E-state index in [0.29, 0.717) is 0 Å². The van der Waals surface area contributed by atoms with Crippen LogP contribution in [-0.4, -0.2) is 5.91 Å². The number of nitrogens with one attached hydrogen (secondary N) is 1. The molecule has 0 atom stereocenters. The van der Waals surface area contributed by atoms with Gasteiger partial charge in [-0.3, -0.25) is 4.79 Å². The third-order valence-electron chi connectivity index (χ3n) is 1.68. The highest BCUT2D eigenvalue weighted by atomic mass is 19.1. The first kappa shape index (κ1) is 11.2. The van der Waals surface area contributed by atoms with Gasteiger partial charge >= 0.3 is 0 Å². The van der Waals surface area contributed by atoms with Crippen molar-refractivity contribution >= 4 is 11.6 Å². The fourth-order valence-electron chi connectivity index (χ4n) is 0.991. The van der Waals surface area contributed by atoms with Crippen molar-refractivity contribution < 1.29 is 9.18 Å². The lowest BCUT2D eigenvalue weighted by Crippen LogP contribution is -2.08. The minimum Gasteiger partial charge on any atom is -0.320 e. The van der Waals surface area contributed by atoms with Gasteiger partial charge in [0.15, 0.2) is 0 Å². The molecule has 0 radical (unpaired) electrons. The van der Waals surface area contributed by atoms with Gasteiger partial charge in [0.1, 0.15) is 5.82 Å². The van der Waals surface area contributed by atoms with Gasteiger partial charge in [0.2, 0.25) is 5.91 Å². The van der Waals surface area contributed by atoms with Crippen LogP contribution in [0.3, 0.4) is 0 Å². The molecule has 78 valence electrons. The number of carbonyl (C=O) groups is 1. The molecule has 0 unspecified atom stereocenters. The summed E-state index contributed by atoms with van der Waals surface area (Å²) in [6.07, 6.45) is 6.45. The molecular formula is C12H12FNO. The Balaban J connectivity index is 2.63. The van der Waals surface area contributed by atoms with Crippen LogP contribution < -0.4 is 5.32 Å². The molecular weight excluding hydrogens is 193 g/mol. The second-order valence-corrected chi connectivity index (χ2v) is 2.85. The molecule has 0 aliphatic rings. The van der Waals surface area contributed by atoms with Gasteiger partial charge in [-0.05, 0) is 19.1 Å². The van der Waals surface area contributed by atoms with E-state index in [2.05, 4.69) is 5.32 Å². The largest absolute Gasteiger partial charge is 0.320 e. The monoisotopic (exact) mass is 205 g/mol. The summed E-state index contributed by atoms with van der Waals surface area (Å²) >= 11 is 0. The highest BCUT2D eigenvalue weighted by Crippen LogP contribution is 2.11. The van der Waals surface area contributed by atoms with E-state index in [9.17, 15) is 9.18 Å². The fourth-order valence-corrected chi connectivity index (χ4v) is 0.991. The van der Waals surface area contributed by atoms with E-state index in [1.54, 1.807) is 30.4 Å². The summed E-state index contributed by atoms with van der Waals surface area (Å²) in [5.41, 5.74) is 0.188. The lowest BCUT2D eigenvalue weighted by molar-refractivity contribution is -0.111. The number of hydrogen-bond acceptors (Lipinski definition) is 1. The van der Waals surface area contributed by atoms with Crippen LogP contribution in [0.15, 0.2) is 48.6 Å². The Labute approximate surface area is 88.1 Å². The van der Waals surface area contributed by atoms with Crippen molar-refractivity contribution in [2.24, 2.45) is 0 Å². The van der Waals surface area contributed by atoms with E-state index >= 15 is 0 Å². The molecule has 0 aromatic heterocycles. The standard InChI is InChI=1S/C12H12FNO/c1-2-3-4-9-12(15)14-11-8-6-5-7-10(11)13/h2-9H,1H3,(H,14,15)/b3-2+,9-4+. The third kappa shape index (κ3) is 3.77. The molecule has 1 rings (SSSR count). The van der Waals surface area contributed by atoms with Gasteiger partial charge in [0, 0.05) is 6.08 Å². The average molecular weight is 205 g/mol. The average Bonchev–Trinajstić information content (AvgIpc) is 2.22. The van der Waals surface area contributed by atoms with Gasteiger partial charge in [-0.15, -0.1) is 0 Å². The van der Waals surface area contributed by atoms with Crippen molar-refractivity contribution in [2.75, 3.05) is 5.32 Å². The molecule has 0 aliphatic carbocycles. The van der Waals surface area contributed by atoms with Gasteiger partial charge in [0.05, 0.1) is 5.69 Å². The quantitative estimate of drug-likeness (QED) is 0.596. The van der Waals surface area contributed by atoms with Crippen molar-refractivity contribution in [3.05, 3.63) is 54.4 Å². The summed E-state index contributed by atoms with van der Waals surface area (Å²) in [4.78, 5) is 11.2. The van der Waals surface area contributed by atoms with E-state index in [0.717, 1.165) is 0 Å². The maximum atomic E-state index is 13.1. The van der Waals surface area contributed by atoms with Crippen molar-refractivity contribution in [1.82, 2.24) is 0 Å². The Morgan fingerprint density at radius 3 is 2.73 bits per heavy atom. The molecule has 1 amide bonds. The minimum atomic E-state index is -0.440. The molecule has 3 heteroatoms. The minimum absolute atomic E-state index is 0.188. The number of carbonyl (C=O) groups excluding carboxylic acids is 1. The van der Waals surface area contributed by atoms with Gasteiger partial charge < -0.3 is 5.32 Å². The zero-order valence-corrected chi connectivity index (χ0v) is 8.41. The second kappa shape index (κ2) is 5.75. The van der Waals surface area contributed by atoms with Gasteiger partial charge in [-0.25, -0.2) is 4.39 Å². The fraction of sp³-hybridized carbons (Fsp3) is 0.0833. The van der Waals surface area contributed by atoms with Crippen molar-refractivity contribution in [3.63, 3.8) is 0 Å². The summed E-state index contributed by atoms with van der Waals surface area (Å²) in [7, 11) is 0. The molecule has 1 N–H and O–H groups in total. The first-order valence-electron chi connectivity index (χ1n) is 4.59. The molecule has 0 spiro atoms. The molecule has 0 bridgehead atoms. The van der Waals surface area contributed by atoms with Crippen molar-refractivity contribution in [3.8, 4) is 0 Å². The summed E-state index contributed by atoms with van der Waals surface area (Å²) in [5.74, 6) is -0.788. The predicted octanol–water partition coefficient (Wildman–Crippen LogP) is 2.90. The van der Waals surface area contributed by atoms with Crippen LogP contribution >= 0.6 is 0 Å². The normalized spacial score (nSPS) is 11.1. The van der Waals surface area contributed by atoms with E-state index in [4.69, 9.17) is 0 Å². The Morgan fingerprint density at radius 2 is 2.07 bits per heavy atom. The number of amides is 1. The van der Waals surface area contributed by atoms with Crippen LogP contribution in [0.5, 0.6) is 0 Å². The first-order chi connectivity index (χ1) is 7.24. The molecule has 0 fully saturated rings. The van der Waals surface area contributed by atoms with Crippen LogP contribution in [0.4, 0.5) is 10.1 Å². The van der Waals surface area contributed by atoms with Gasteiger partial charge in [-0.1, -0.05) is 30.4 Å². The third-order valence-corrected chi connectivity index (χ3v) is 1.68. The molecule has 1 aromatic rings. The number of anilines is 1. The van der Waals surface area contributed by atoms with E-state index in [1.807, 2.05) is 6.92 Å². The Kier molecular flexibility index (Phi) is 4.29. The Hall–Kier alpha value is -1.90. The first-order valence-corrected chi connectivity index (χ1v) is 4.59. The summed E-state index contributed by atoms with van der Waals surface area (Å²) < 4.78 is 13.1. The summed E-state index contributed by atoms with van der Waals surface area (Å²) in [6.45, 7) is 1.85. The number of para-hydroxylation sites is 1. The van der Waals surface area contributed by atoms with Gasteiger partial charge in [-0.2, -0.15) is 0 Å². The number of benzene rings is 1. The number of rotatable bonds is 3. The van der Waals surface area contributed by atoms with Crippen molar-refractivity contribution in [1.29, 1.82) is 0 Å². The molecule has 0 aliphatic heterocycles. The van der Waals surface area contributed by atoms with E-state index < -0.39 is 5.82 Å². The lowest BCUT2D eigenvalue weighted by Gasteiger charge is -2.02. The molecule has 0 saturated carbocycles. The molecule has 2 nitrogen and oxygen atoms in total. The van der Waals surface area contributed by atoms with Crippen LogP contribution in [0.1, 0.15) is 6.92 Å². The molecule has 15 heavy (non-hydrogen) atoms. The zero-order valence-electron chi connectivity index (χ0n) is 8.41. The number of hydrogen-bond donors (Lipinski definition) is 1. The van der Waals surface area contributed by atoms with Crippen LogP contribution in [0.25, 0.3) is 0 Å². The highest BCUT2D eigenvalue weighted by molar-refractivity contribution is 5.99. The smallest absolute Gasteiger partial charge is 0.248 e. The molecule has 0 saturated heterocycles. The zero-order chi connectivity index (χ0) is 11.1. The van der Waals surface area contributed by atoms with E-state index in [1.165, 1.54) is 18.2 Å². The second-order valence-electron chi connectivity index (χ2n) is 2.85. The highest BCUT2D eigenvalue weighted by Gasteiger charge is 2.01. The van der Waals surface area contributed by atoms with Crippen molar-refractivity contribution in [2.45, 2.75) is 6.92 Å². The Bertz CT molecular complexity index is 396. The maximum Gasteiger partial charge on any atom is 0.248 e. The lowest BCUT2D eigenvalue weighted by atomic mass is 10.3. The van der Waals surface area contributed by atoms with Crippen LogP contribution in [0.2, 0.25) is 0 Å². The van der Waals surface area contributed by atoms with Crippen LogP contribution in [0, 0.1) is 5.82 Å².